The maximum Gasteiger partial charge on any atom is 0.158 e. The van der Waals surface area contributed by atoms with Crippen LogP contribution in [0.2, 0.25) is 0 Å². The third-order valence-corrected chi connectivity index (χ3v) is 4.34. The van der Waals surface area contributed by atoms with E-state index in [2.05, 4.69) is 46.1 Å². The monoisotopic (exact) mass is 320 g/mol. The van der Waals surface area contributed by atoms with Crippen molar-refractivity contribution in [1.29, 1.82) is 0 Å². The van der Waals surface area contributed by atoms with E-state index in [1.807, 2.05) is 36.4 Å². The van der Waals surface area contributed by atoms with Gasteiger partial charge >= 0.3 is 0 Å². The van der Waals surface area contributed by atoms with Gasteiger partial charge in [-0.25, -0.2) is 0 Å². The minimum atomic E-state index is -0.0914. The van der Waals surface area contributed by atoms with E-state index in [4.69, 9.17) is 9.47 Å². The molecule has 0 aliphatic carbocycles. The van der Waals surface area contributed by atoms with Crippen LogP contribution in [0, 0.1) is 0 Å². The Bertz CT molecular complexity index is 813. The van der Waals surface area contributed by atoms with Gasteiger partial charge in [0.25, 0.3) is 0 Å². The first kappa shape index (κ1) is 14.8. The molecule has 1 aliphatic rings. The Morgan fingerprint density at radius 1 is 1.00 bits per heavy atom. The largest absolute Gasteiger partial charge is 0.495 e. The first-order valence-corrected chi connectivity index (χ1v) is 8.11. The molecular formula is C20H20N2O2. The van der Waals surface area contributed by atoms with Gasteiger partial charge in [0, 0.05) is 30.2 Å². The van der Waals surface area contributed by atoms with E-state index in [-0.39, 0.29) is 6.23 Å². The molecule has 1 saturated heterocycles. The zero-order chi connectivity index (χ0) is 16.4. The summed E-state index contributed by atoms with van der Waals surface area (Å²) in [6.45, 7) is 1.56. The summed E-state index contributed by atoms with van der Waals surface area (Å²) in [5.41, 5.74) is 3.35. The minimum absolute atomic E-state index is 0.0914. The zero-order valence-electron chi connectivity index (χ0n) is 13.6. The summed E-state index contributed by atoms with van der Waals surface area (Å²) < 4.78 is 13.6. The maximum absolute atomic E-state index is 6.01. The van der Waals surface area contributed by atoms with Crippen LogP contribution in [0.15, 0.2) is 73.1 Å². The van der Waals surface area contributed by atoms with Crippen molar-refractivity contribution < 1.29 is 9.47 Å². The van der Waals surface area contributed by atoms with Crippen LogP contribution in [0.3, 0.4) is 0 Å². The Balaban J connectivity index is 1.65. The number of rotatable bonds is 4. The molecule has 1 atom stereocenters. The normalized spacial score (nSPS) is 17.2. The molecule has 2 heterocycles. The minimum Gasteiger partial charge on any atom is -0.495 e. The van der Waals surface area contributed by atoms with Gasteiger partial charge in [0.15, 0.2) is 6.23 Å². The van der Waals surface area contributed by atoms with Gasteiger partial charge in [0.2, 0.25) is 0 Å². The van der Waals surface area contributed by atoms with E-state index >= 15 is 0 Å². The Labute approximate surface area is 141 Å². The number of hydrogen-bond acceptors (Lipinski definition) is 3. The van der Waals surface area contributed by atoms with Crippen LogP contribution in [0.4, 0.5) is 5.69 Å². The molecule has 1 unspecified atom stereocenters. The molecule has 0 N–H and O–H groups in total. The average Bonchev–Trinajstić information content (AvgIpc) is 3.31. The van der Waals surface area contributed by atoms with E-state index in [1.54, 1.807) is 7.11 Å². The van der Waals surface area contributed by atoms with Crippen LogP contribution in [-0.2, 0) is 4.74 Å². The zero-order valence-corrected chi connectivity index (χ0v) is 13.6. The molecule has 24 heavy (non-hydrogen) atoms. The fourth-order valence-corrected chi connectivity index (χ4v) is 3.18. The van der Waals surface area contributed by atoms with Crippen LogP contribution < -0.4 is 9.64 Å². The summed E-state index contributed by atoms with van der Waals surface area (Å²) in [7, 11) is 1.71. The highest BCUT2D eigenvalue weighted by molar-refractivity contribution is 5.60. The predicted molar refractivity (Wildman–Crippen MR) is 94.8 cm³/mol. The highest BCUT2D eigenvalue weighted by Gasteiger charge is 2.29. The Hall–Kier alpha value is -2.72. The highest BCUT2D eigenvalue weighted by Crippen LogP contribution is 2.37. The number of anilines is 1. The van der Waals surface area contributed by atoms with Crippen molar-refractivity contribution in [2.45, 2.75) is 6.23 Å². The number of ether oxygens (including phenoxy) is 2. The van der Waals surface area contributed by atoms with E-state index in [9.17, 15) is 0 Å². The molecule has 4 rings (SSSR count). The molecule has 2 aromatic carbocycles. The van der Waals surface area contributed by atoms with E-state index < -0.39 is 0 Å². The van der Waals surface area contributed by atoms with Gasteiger partial charge in [-0.2, -0.15) is 0 Å². The van der Waals surface area contributed by atoms with Crippen LogP contribution in [0.25, 0.3) is 5.69 Å². The molecule has 1 fully saturated rings. The molecule has 3 aromatic rings. The fourth-order valence-electron chi connectivity index (χ4n) is 3.18. The topological polar surface area (TPSA) is 26.6 Å². The number of aromatic nitrogens is 1. The second-order valence-corrected chi connectivity index (χ2v) is 5.78. The molecule has 4 heteroatoms. The molecule has 1 aliphatic heterocycles. The maximum atomic E-state index is 6.01. The average molecular weight is 320 g/mol. The first-order valence-electron chi connectivity index (χ1n) is 8.11. The van der Waals surface area contributed by atoms with Crippen molar-refractivity contribution in [2.24, 2.45) is 0 Å². The summed E-state index contributed by atoms with van der Waals surface area (Å²) in [5.74, 6) is 0.871. The van der Waals surface area contributed by atoms with Crippen LogP contribution in [0.1, 0.15) is 11.8 Å². The highest BCUT2D eigenvalue weighted by atomic mass is 16.5. The van der Waals surface area contributed by atoms with Gasteiger partial charge in [0.1, 0.15) is 5.75 Å². The third-order valence-electron chi connectivity index (χ3n) is 4.34. The standard InChI is InChI=1S/C20H20N2O2/c1-23-19-10-6-5-9-18(19)22-13-14-24-20(22)16-11-12-21(15-16)17-7-3-2-4-8-17/h2-12,15,20H,13-14H2,1H3. The molecular weight excluding hydrogens is 300 g/mol. The predicted octanol–water partition coefficient (Wildman–Crippen LogP) is 4.02. The van der Waals surface area contributed by atoms with Gasteiger partial charge < -0.3 is 18.9 Å². The van der Waals surface area contributed by atoms with Crippen molar-refractivity contribution in [3.05, 3.63) is 78.6 Å². The van der Waals surface area contributed by atoms with Gasteiger partial charge in [-0.15, -0.1) is 0 Å². The lowest BCUT2D eigenvalue weighted by atomic mass is 10.2. The van der Waals surface area contributed by atoms with Crippen molar-refractivity contribution in [3.8, 4) is 11.4 Å². The number of para-hydroxylation sites is 3. The smallest absolute Gasteiger partial charge is 0.158 e. The van der Waals surface area contributed by atoms with E-state index in [0.29, 0.717) is 6.61 Å². The quantitative estimate of drug-likeness (QED) is 0.726. The van der Waals surface area contributed by atoms with E-state index in [1.165, 1.54) is 0 Å². The number of methoxy groups -OCH3 is 1. The van der Waals surface area contributed by atoms with Gasteiger partial charge in [0.05, 0.1) is 19.4 Å². The second-order valence-electron chi connectivity index (χ2n) is 5.78. The summed E-state index contributed by atoms with van der Waals surface area (Å²) in [6.07, 6.45) is 4.12. The lowest BCUT2D eigenvalue weighted by molar-refractivity contribution is 0.113. The molecule has 0 radical (unpaired) electrons. The first-order chi connectivity index (χ1) is 11.9. The van der Waals surface area contributed by atoms with Crippen LogP contribution in [-0.4, -0.2) is 24.8 Å². The third kappa shape index (κ3) is 2.65. The number of hydrogen-bond donors (Lipinski definition) is 0. The molecule has 0 bridgehead atoms. The van der Waals surface area contributed by atoms with Crippen LogP contribution in [0.5, 0.6) is 5.75 Å². The number of nitrogens with zero attached hydrogens (tertiary/aromatic N) is 2. The van der Waals surface area contributed by atoms with Gasteiger partial charge in [-0.05, 0) is 30.3 Å². The molecule has 1 aromatic heterocycles. The summed E-state index contributed by atoms with van der Waals surface area (Å²) in [5, 5.41) is 0. The van der Waals surface area contributed by atoms with Crippen molar-refractivity contribution in [3.63, 3.8) is 0 Å². The van der Waals surface area contributed by atoms with Crippen molar-refractivity contribution in [1.82, 2.24) is 4.57 Å². The number of benzene rings is 2. The van der Waals surface area contributed by atoms with Crippen molar-refractivity contribution >= 4 is 5.69 Å². The lowest BCUT2D eigenvalue weighted by Crippen LogP contribution is -2.23. The Morgan fingerprint density at radius 2 is 1.79 bits per heavy atom. The van der Waals surface area contributed by atoms with Crippen molar-refractivity contribution in [2.75, 3.05) is 25.2 Å². The Kier molecular flexibility index (Phi) is 3.97. The van der Waals surface area contributed by atoms with Crippen LogP contribution >= 0.6 is 0 Å². The van der Waals surface area contributed by atoms with Gasteiger partial charge in [-0.1, -0.05) is 30.3 Å². The van der Waals surface area contributed by atoms with Gasteiger partial charge in [-0.3, -0.25) is 0 Å². The van der Waals surface area contributed by atoms with E-state index in [0.717, 1.165) is 29.2 Å². The molecule has 0 saturated carbocycles. The summed E-state index contributed by atoms with van der Waals surface area (Å²) >= 11 is 0. The fraction of sp³-hybridized carbons (Fsp3) is 0.200. The second kappa shape index (κ2) is 6.42. The summed E-state index contributed by atoms with van der Waals surface area (Å²) in [6, 6.07) is 20.5. The molecule has 4 nitrogen and oxygen atoms in total. The molecule has 0 amide bonds. The molecule has 122 valence electrons. The summed E-state index contributed by atoms with van der Waals surface area (Å²) in [4.78, 5) is 2.25. The lowest BCUT2D eigenvalue weighted by Gasteiger charge is -2.26. The Morgan fingerprint density at radius 3 is 2.62 bits per heavy atom. The molecule has 0 spiro atoms. The SMILES string of the molecule is COc1ccccc1N1CCOC1c1ccn(-c2ccccc2)c1.